The van der Waals surface area contributed by atoms with E-state index >= 15 is 0 Å². The van der Waals surface area contributed by atoms with Crippen molar-refractivity contribution in [2.24, 2.45) is 0 Å². The number of hydrogen-bond donors (Lipinski definition) is 2. The average molecular weight is 512 g/mol. The number of carbonyl (C=O) groups is 2. The fourth-order valence-electron chi connectivity index (χ4n) is 3.86. The highest BCUT2D eigenvalue weighted by molar-refractivity contribution is 7.92. The Morgan fingerprint density at radius 2 is 1.67 bits per heavy atom. The van der Waals surface area contributed by atoms with Crippen LogP contribution in [0.15, 0.2) is 83.8 Å². The zero-order valence-corrected chi connectivity index (χ0v) is 20.2. The van der Waals surface area contributed by atoms with Crippen molar-refractivity contribution in [3.05, 3.63) is 90.2 Å². The van der Waals surface area contributed by atoms with Crippen LogP contribution in [-0.2, 0) is 19.6 Å². The molecular formula is C26H26FN3O5S. The van der Waals surface area contributed by atoms with Gasteiger partial charge in [-0.2, -0.15) is 0 Å². The maximum atomic E-state index is 13.5. The summed E-state index contributed by atoms with van der Waals surface area (Å²) in [5.41, 5.74) is 0.601. The molecule has 4 rings (SSSR count). The van der Waals surface area contributed by atoms with Crippen molar-refractivity contribution in [1.29, 1.82) is 0 Å². The summed E-state index contributed by atoms with van der Waals surface area (Å²) in [5, 5.41) is 5.46. The summed E-state index contributed by atoms with van der Waals surface area (Å²) in [5.74, 6) is -1.59. The number of para-hydroxylation sites is 1. The summed E-state index contributed by atoms with van der Waals surface area (Å²) in [6, 6.07) is 18.9. The number of ether oxygens (including phenoxy) is 1. The number of carbonyl (C=O) groups excluding carboxylic acids is 2. The number of amides is 2. The van der Waals surface area contributed by atoms with Crippen LogP contribution in [-0.4, -0.2) is 46.0 Å². The van der Waals surface area contributed by atoms with Gasteiger partial charge < -0.3 is 15.4 Å². The lowest BCUT2D eigenvalue weighted by atomic mass is 10.1. The van der Waals surface area contributed by atoms with Crippen LogP contribution in [0.4, 0.5) is 15.8 Å². The summed E-state index contributed by atoms with van der Waals surface area (Å²) in [7, 11) is -4.14. The van der Waals surface area contributed by atoms with Crippen LogP contribution in [0.5, 0.6) is 0 Å². The van der Waals surface area contributed by atoms with E-state index in [4.69, 9.17) is 4.74 Å². The number of halogens is 1. The van der Waals surface area contributed by atoms with Crippen molar-refractivity contribution in [2.75, 3.05) is 29.3 Å². The van der Waals surface area contributed by atoms with Crippen molar-refractivity contribution in [2.45, 2.75) is 23.8 Å². The molecule has 0 saturated carbocycles. The zero-order chi connectivity index (χ0) is 25.5. The van der Waals surface area contributed by atoms with Crippen molar-refractivity contribution in [3.63, 3.8) is 0 Å². The maximum absolute atomic E-state index is 13.5. The number of rotatable bonds is 9. The van der Waals surface area contributed by atoms with E-state index < -0.39 is 28.3 Å². The second kappa shape index (κ2) is 11.3. The normalized spacial score (nSPS) is 15.3. The minimum Gasteiger partial charge on any atom is -0.376 e. The number of hydrogen-bond acceptors (Lipinski definition) is 5. The molecule has 1 heterocycles. The van der Waals surface area contributed by atoms with Crippen LogP contribution in [0.2, 0.25) is 0 Å². The minimum absolute atomic E-state index is 0.0176. The van der Waals surface area contributed by atoms with Gasteiger partial charge in [-0.3, -0.25) is 13.9 Å². The van der Waals surface area contributed by atoms with E-state index in [2.05, 4.69) is 10.6 Å². The molecule has 3 aromatic carbocycles. The molecule has 3 aromatic rings. The lowest BCUT2D eigenvalue weighted by Gasteiger charge is -2.24. The molecule has 8 nitrogen and oxygen atoms in total. The molecule has 0 bridgehead atoms. The van der Waals surface area contributed by atoms with Gasteiger partial charge in [0.1, 0.15) is 12.4 Å². The van der Waals surface area contributed by atoms with E-state index in [1.165, 1.54) is 24.3 Å². The molecule has 0 aliphatic carbocycles. The van der Waals surface area contributed by atoms with E-state index in [1.54, 1.807) is 42.5 Å². The number of sulfonamides is 1. The molecule has 1 fully saturated rings. The predicted molar refractivity (Wildman–Crippen MR) is 134 cm³/mol. The van der Waals surface area contributed by atoms with Gasteiger partial charge in [-0.1, -0.05) is 30.3 Å². The van der Waals surface area contributed by atoms with E-state index in [0.717, 1.165) is 29.3 Å². The molecule has 188 valence electrons. The Bertz CT molecular complexity index is 1310. The smallest absolute Gasteiger partial charge is 0.264 e. The van der Waals surface area contributed by atoms with Crippen molar-refractivity contribution in [3.8, 4) is 0 Å². The fourth-order valence-corrected chi connectivity index (χ4v) is 5.30. The summed E-state index contributed by atoms with van der Waals surface area (Å²) in [6.45, 7) is 0.438. The Balaban J connectivity index is 1.54. The Kier molecular flexibility index (Phi) is 7.97. The van der Waals surface area contributed by atoms with Gasteiger partial charge in [0.2, 0.25) is 5.91 Å². The number of nitrogens with one attached hydrogen (secondary N) is 2. The Morgan fingerprint density at radius 3 is 2.36 bits per heavy atom. The van der Waals surface area contributed by atoms with Crippen molar-refractivity contribution < 1.29 is 27.1 Å². The monoisotopic (exact) mass is 511 g/mol. The first-order chi connectivity index (χ1) is 17.3. The third-order valence-corrected chi connectivity index (χ3v) is 7.48. The predicted octanol–water partition coefficient (Wildman–Crippen LogP) is 3.57. The van der Waals surface area contributed by atoms with Gasteiger partial charge in [-0.05, 0) is 61.4 Å². The van der Waals surface area contributed by atoms with Gasteiger partial charge in [0.15, 0.2) is 0 Å². The Hall–Kier alpha value is -3.76. The van der Waals surface area contributed by atoms with Gasteiger partial charge in [0.05, 0.1) is 27.9 Å². The summed E-state index contributed by atoms with van der Waals surface area (Å²) in [4.78, 5) is 25.8. The number of nitrogens with zero attached hydrogens (tertiary/aromatic N) is 1. The lowest BCUT2D eigenvalue weighted by molar-refractivity contribution is -0.114. The van der Waals surface area contributed by atoms with Gasteiger partial charge in [-0.15, -0.1) is 0 Å². The van der Waals surface area contributed by atoms with Gasteiger partial charge in [-0.25, -0.2) is 12.8 Å². The molecule has 1 aliphatic rings. The van der Waals surface area contributed by atoms with Crippen molar-refractivity contribution >= 4 is 33.2 Å². The molecule has 2 N–H and O–H groups in total. The zero-order valence-electron chi connectivity index (χ0n) is 19.4. The van der Waals surface area contributed by atoms with Gasteiger partial charge >= 0.3 is 0 Å². The minimum atomic E-state index is -4.14. The van der Waals surface area contributed by atoms with E-state index in [1.807, 2.05) is 0 Å². The summed E-state index contributed by atoms with van der Waals surface area (Å²) in [6.07, 6.45) is 1.78. The summed E-state index contributed by atoms with van der Waals surface area (Å²) >= 11 is 0. The first-order valence-electron chi connectivity index (χ1n) is 11.5. The third kappa shape index (κ3) is 6.07. The van der Waals surface area contributed by atoms with Crippen LogP contribution in [0.1, 0.15) is 23.2 Å². The molecule has 0 unspecified atom stereocenters. The first kappa shape index (κ1) is 25.3. The van der Waals surface area contributed by atoms with E-state index in [9.17, 15) is 22.4 Å². The van der Waals surface area contributed by atoms with Crippen LogP contribution in [0, 0.1) is 5.82 Å². The molecule has 0 aromatic heterocycles. The molecule has 10 heteroatoms. The van der Waals surface area contributed by atoms with E-state index in [0.29, 0.717) is 13.2 Å². The molecule has 1 aliphatic heterocycles. The van der Waals surface area contributed by atoms with Crippen molar-refractivity contribution in [1.82, 2.24) is 5.32 Å². The van der Waals surface area contributed by atoms with Crippen LogP contribution in [0.3, 0.4) is 0 Å². The molecule has 1 saturated heterocycles. The number of benzene rings is 3. The highest BCUT2D eigenvalue weighted by Crippen LogP contribution is 2.24. The Labute approximate surface area is 209 Å². The maximum Gasteiger partial charge on any atom is 0.264 e. The second-order valence-electron chi connectivity index (χ2n) is 8.24. The van der Waals surface area contributed by atoms with Crippen LogP contribution in [0.25, 0.3) is 0 Å². The fraction of sp³-hybridized carbons (Fsp3) is 0.231. The lowest BCUT2D eigenvalue weighted by Crippen LogP contribution is -2.38. The Morgan fingerprint density at radius 1 is 0.972 bits per heavy atom. The quantitative estimate of drug-likeness (QED) is 0.457. The standard InChI is InChI=1S/C26H26FN3O5S/c27-19-12-14-20(15-13-19)30(36(33,34)22-8-2-1-3-9-22)18-25(31)29-24-11-5-4-10-23(24)26(32)28-17-21-7-6-16-35-21/h1-5,8-15,21H,6-7,16-18H2,(H,28,32)(H,29,31)/t21-/m0/s1. The highest BCUT2D eigenvalue weighted by Gasteiger charge is 2.28. The highest BCUT2D eigenvalue weighted by atomic mass is 32.2. The SMILES string of the molecule is O=C(CN(c1ccc(F)cc1)S(=O)(=O)c1ccccc1)Nc1ccccc1C(=O)NC[C@@H]1CCCO1. The third-order valence-electron chi connectivity index (χ3n) is 5.69. The molecule has 0 spiro atoms. The second-order valence-corrected chi connectivity index (χ2v) is 10.1. The van der Waals surface area contributed by atoms with E-state index in [-0.39, 0.29) is 33.8 Å². The largest absolute Gasteiger partial charge is 0.376 e. The molecular weight excluding hydrogens is 485 g/mol. The van der Waals surface area contributed by atoms with Crippen LogP contribution < -0.4 is 14.9 Å². The van der Waals surface area contributed by atoms with Crippen LogP contribution >= 0.6 is 0 Å². The molecule has 1 atom stereocenters. The number of anilines is 2. The van der Waals surface area contributed by atoms with Gasteiger partial charge in [0.25, 0.3) is 15.9 Å². The average Bonchev–Trinajstić information content (AvgIpc) is 3.41. The summed E-state index contributed by atoms with van der Waals surface area (Å²) < 4.78 is 46.7. The molecule has 2 amide bonds. The first-order valence-corrected chi connectivity index (χ1v) is 12.9. The topological polar surface area (TPSA) is 105 Å². The molecule has 36 heavy (non-hydrogen) atoms. The molecule has 0 radical (unpaired) electrons. The van der Waals surface area contributed by atoms with Gasteiger partial charge in [0, 0.05) is 13.2 Å².